The van der Waals surface area contributed by atoms with E-state index in [4.69, 9.17) is 6.85 Å². The number of benzene rings is 3. The van der Waals surface area contributed by atoms with Gasteiger partial charge in [-0.3, -0.25) is 4.98 Å². The summed E-state index contributed by atoms with van der Waals surface area (Å²) in [6.07, 6.45) is 1.68. The van der Waals surface area contributed by atoms with Crippen LogP contribution in [0.3, 0.4) is 0 Å². The number of fused-ring (bicyclic) bond motifs is 1. The third-order valence-electron chi connectivity index (χ3n) is 3.62. The van der Waals surface area contributed by atoms with Gasteiger partial charge in [0, 0.05) is 17.1 Å². The first-order valence-electron chi connectivity index (χ1n) is 9.51. The van der Waals surface area contributed by atoms with E-state index < -0.39 is 0 Å². The smallest absolute Gasteiger partial charge is 0.0780 e. The molecule has 1 aromatic heterocycles. The molecule has 0 fully saturated rings. The van der Waals surface area contributed by atoms with Gasteiger partial charge in [-0.15, -0.1) is 0 Å². The predicted molar refractivity (Wildman–Crippen MR) is 92.6 cm³/mol. The van der Waals surface area contributed by atoms with E-state index in [1.165, 1.54) is 0 Å². The lowest BCUT2D eigenvalue weighted by Crippen LogP contribution is -1.88. The van der Waals surface area contributed by atoms with Crippen LogP contribution >= 0.6 is 0 Å². The van der Waals surface area contributed by atoms with E-state index in [-0.39, 0.29) is 35.8 Å². The van der Waals surface area contributed by atoms with Crippen LogP contribution in [0.25, 0.3) is 33.2 Å². The molecule has 104 valence electrons. The maximum Gasteiger partial charge on any atom is 0.0780 e. The molecule has 4 rings (SSSR count). The van der Waals surface area contributed by atoms with Crippen LogP contribution in [0.4, 0.5) is 0 Å². The maximum absolute atomic E-state index is 8.28. The lowest BCUT2D eigenvalue weighted by Gasteiger charge is -2.10. The number of rotatable bonds is 2. The third-order valence-corrected chi connectivity index (χ3v) is 3.62. The van der Waals surface area contributed by atoms with E-state index in [0.717, 1.165) is 22.0 Å². The van der Waals surface area contributed by atoms with Gasteiger partial charge in [0.05, 0.1) is 12.5 Å². The molecule has 1 nitrogen and oxygen atoms in total. The largest absolute Gasteiger partial charge is 0.256 e. The fourth-order valence-electron chi connectivity index (χ4n) is 2.64. The van der Waals surface area contributed by atoms with Gasteiger partial charge < -0.3 is 0 Å². The van der Waals surface area contributed by atoms with Crippen LogP contribution in [0.1, 0.15) is 6.85 Å². The highest BCUT2D eigenvalue weighted by Gasteiger charge is 2.08. The summed E-state index contributed by atoms with van der Waals surface area (Å²) in [5, 5.41) is 1.66. The third kappa shape index (κ3) is 2.17. The van der Waals surface area contributed by atoms with Crippen LogP contribution in [0.2, 0.25) is 0 Å². The Morgan fingerprint density at radius 3 is 2.32 bits per heavy atom. The summed E-state index contributed by atoms with van der Waals surface area (Å²) in [7, 11) is 0. The van der Waals surface area contributed by atoms with Gasteiger partial charge in [-0.1, -0.05) is 78.7 Å². The Bertz CT molecular complexity index is 1140. The Balaban J connectivity index is 2.07. The van der Waals surface area contributed by atoms with E-state index in [1.54, 1.807) is 12.3 Å². The van der Waals surface area contributed by atoms with Crippen molar-refractivity contribution < 1.29 is 6.85 Å². The van der Waals surface area contributed by atoms with Crippen molar-refractivity contribution in [2.24, 2.45) is 0 Å². The van der Waals surface area contributed by atoms with Gasteiger partial charge in [0.2, 0.25) is 0 Å². The lowest BCUT2D eigenvalue weighted by molar-refractivity contribution is 1.36. The first-order chi connectivity index (χ1) is 13.0. The lowest BCUT2D eigenvalue weighted by atomic mass is 9.96. The summed E-state index contributed by atoms with van der Waals surface area (Å²) in [6, 6.07) is 15.7. The Morgan fingerprint density at radius 1 is 0.682 bits per heavy atom. The first-order valence-corrected chi connectivity index (χ1v) is 7.01. The highest BCUT2D eigenvalue weighted by Crippen LogP contribution is 2.33. The quantitative estimate of drug-likeness (QED) is 0.469. The summed E-state index contributed by atoms with van der Waals surface area (Å²) >= 11 is 0. The van der Waals surface area contributed by atoms with E-state index >= 15 is 0 Å². The molecule has 1 heterocycles. The van der Waals surface area contributed by atoms with Crippen LogP contribution in [0.5, 0.6) is 0 Å². The summed E-state index contributed by atoms with van der Waals surface area (Å²) in [5.74, 6) is 0. The van der Waals surface area contributed by atoms with Crippen molar-refractivity contribution in [3.8, 4) is 22.4 Å². The fourth-order valence-corrected chi connectivity index (χ4v) is 2.64. The first kappa shape index (κ1) is 8.50. The maximum atomic E-state index is 8.28. The molecule has 0 aliphatic carbocycles. The standard InChI is InChI=1S/C21H15N/c1-3-8-16(9-4-1)18-12-7-13-20-19(18)14-15-22-21(20)17-10-5-2-6-11-17/h1-15H/i1D,3D,4D,8D,9D. The van der Waals surface area contributed by atoms with Crippen LogP contribution in [0.15, 0.2) is 91.0 Å². The van der Waals surface area contributed by atoms with E-state index in [1.807, 2.05) is 48.5 Å². The molecule has 0 aliphatic heterocycles. The summed E-state index contributed by atoms with van der Waals surface area (Å²) in [6.45, 7) is 0. The Labute approximate surface area is 136 Å². The van der Waals surface area contributed by atoms with Crippen molar-refractivity contribution in [1.82, 2.24) is 4.98 Å². The second-order valence-electron chi connectivity index (χ2n) is 4.93. The topological polar surface area (TPSA) is 12.9 Å². The molecule has 0 saturated heterocycles. The zero-order valence-electron chi connectivity index (χ0n) is 16.7. The zero-order chi connectivity index (χ0) is 19.1. The molecule has 0 unspecified atom stereocenters. The van der Waals surface area contributed by atoms with E-state index in [2.05, 4.69) is 4.98 Å². The SMILES string of the molecule is [2H]c1c([2H])c([2H])c(-c2cccc3c(-c4ccccc4)nccc23)c([2H])c1[2H]. The molecular formula is C21H15N. The average molecular weight is 286 g/mol. The zero-order valence-corrected chi connectivity index (χ0v) is 11.7. The molecule has 0 aliphatic rings. The van der Waals surface area contributed by atoms with Gasteiger partial charge in [0.25, 0.3) is 0 Å². The Hall–Kier alpha value is -2.93. The fraction of sp³-hybridized carbons (Fsp3) is 0. The van der Waals surface area contributed by atoms with Gasteiger partial charge in [-0.25, -0.2) is 0 Å². The van der Waals surface area contributed by atoms with Crippen LogP contribution in [-0.2, 0) is 0 Å². The highest BCUT2D eigenvalue weighted by molar-refractivity contribution is 6.02. The monoisotopic (exact) mass is 286 g/mol. The molecule has 3 aromatic carbocycles. The molecular weight excluding hydrogens is 266 g/mol. The molecule has 0 spiro atoms. The normalized spacial score (nSPS) is 13.9. The minimum absolute atomic E-state index is 0.202. The van der Waals surface area contributed by atoms with Crippen molar-refractivity contribution in [2.45, 2.75) is 0 Å². The molecule has 22 heavy (non-hydrogen) atoms. The molecule has 1 heteroatoms. The molecule has 0 saturated carbocycles. The summed E-state index contributed by atoms with van der Waals surface area (Å²) < 4.78 is 40.3. The number of aromatic nitrogens is 1. The molecule has 0 atom stereocenters. The van der Waals surface area contributed by atoms with Gasteiger partial charge in [0.1, 0.15) is 0 Å². The molecule has 0 amide bonds. The number of hydrogen-bond acceptors (Lipinski definition) is 1. The van der Waals surface area contributed by atoms with Crippen LogP contribution < -0.4 is 0 Å². The van der Waals surface area contributed by atoms with Gasteiger partial charge in [-0.2, -0.15) is 0 Å². The highest BCUT2D eigenvalue weighted by atomic mass is 14.7. The van der Waals surface area contributed by atoms with Crippen LogP contribution in [-0.4, -0.2) is 4.98 Å². The van der Waals surface area contributed by atoms with Crippen molar-refractivity contribution in [3.05, 3.63) is 91.0 Å². The summed E-state index contributed by atoms with van der Waals surface area (Å²) in [5.41, 5.74) is 2.56. The van der Waals surface area contributed by atoms with Crippen molar-refractivity contribution in [2.75, 3.05) is 0 Å². The average Bonchev–Trinajstić information content (AvgIpc) is 2.71. The Morgan fingerprint density at radius 2 is 1.50 bits per heavy atom. The number of nitrogens with zero attached hydrogens (tertiary/aromatic N) is 1. The van der Waals surface area contributed by atoms with E-state index in [9.17, 15) is 0 Å². The van der Waals surface area contributed by atoms with E-state index in [0.29, 0.717) is 5.56 Å². The molecule has 0 bridgehead atoms. The number of hydrogen-bond donors (Lipinski definition) is 0. The van der Waals surface area contributed by atoms with Gasteiger partial charge in [0.15, 0.2) is 0 Å². The molecule has 0 radical (unpaired) electrons. The molecule has 0 N–H and O–H groups in total. The minimum atomic E-state index is -0.388. The molecule has 4 aromatic rings. The second kappa shape index (κ2) is 5.45. The van der Waals surface area contributed by atoms with Crippen molar-refractivity contribution in [1.29, 1.82) is 0 Å². The summed E-state index contributed by atoms with van der Waals surface area (Å²) in [4.78, 5) is 4.51. The predicted octanol–water partition coefficient (Wildman–Crippen LogP) is 5.57. The van der Waals surface area contributed by atoms with Crippen molar-refractivity contribution in [3.63, 3.8) is 0 Å². The minimum Gasteiger partial charge on any atom is -0.256 e. The van der Waals surface area contributed by atoms with Gasteiger partial charge in [-0.05, 0) is 22.6 Å². The van der Waals surface area contributed by atoms with Gasteiger partial charge >= 0.3 is 0 Å². The van der Waals surface area contributed by atoms with Crippen molar-refractivity contribution >= 4 is 10.8 Å². The Kier molecular flexibility index (Phi) is 2.11. The second-order valence-corrected chi connectivity index (χ2v) is 4.93. The van der Waals surface area contributed by atoms with Crippen LogP contribution in [0, 0.1) is 0 Å². The number of pyridine rings is 1.